The minimum Gasteiger partial charge on any atom is -0.341 e. The van der Waals surface area contributed by atoms with E-state index >= 15 is 0 Å². The van der Waals surface area contributed by atoms with Crippen LogP contribution in [0.2, 0.25) is 0 Å². The van der Waals surface area contributed by atoms with Crippen molar-refractivity contribution >= 4 is 31.7 Å². The molecule has 22 heavy (non-hydrogen) atoms. The van der Waals surface area contributed by atoms with Gasteiger partial charge in [0.25, 0.3) is 0 Å². The van der Waals surface area contributed by atoms with Crippen LogP contribution in [-0.2, 0) is 14.6 Å². The molecule has 5 nitrogen and oxygen atoms in total. The van der Waals surface area contributed by atoms with Crippen LogP contribution in [-0.4, -0.2) is 43.6 Å². The minimum absolute atomic E-state index is 0.156. The zero-order valence-electron chi connectivity index (χ0n) is 12.8. The van der Waals surface area contributed by atoms with E-state index in [1.807, 2.05) is 0 Å². The van der Waals surface area contributed by atoms with Gasteiger partial charge in [-0.05, 0) is 57.0 Å². The lowest BCUT2D eigenvalue weighted by Crippen LogP contribution is -2.49. The van der Waals surface area contributed by atoms with Crippen LogP contribution in [0.4, 0.5) is 0 Å². The topological polar surface area (TPSA) is 80.5 Å². The molecule has 1 atom stereocenters. The second-order valence-electron chi connectivity index (χ2n) is 6.11. The smallest absolute Gasteiger partial charge is 0.243 e. The Morgan fingerprint density at radius 3 is 2.45 bits per heavy atom. The molecule has 2 rings (SSSR count). The Hall–Kier alpha value is -0.920. The van der Waals surface area contributed by atoms with Gasteiger partial charge in [-0.3, -0.25) is 4.79 Å². The van der Waals surface area contributed by atoms with E-state index in [1.54, 1.807) is 17.0 Å². The number of sulfone groups is 1. The van der Waals surface area contributed by atoms with Gasteiger partial charge < -0.3 is 10.6 Å². The maximum absolute atomic E-state index is 12.8. The van der Waals surface area contributed by atoms with E-state index in [9.17, 15) is 13.2 Å². The monoisotopic (exact) mass is 388 g/mol. The van der Waals surface area contributed by atoms with Crippen molar-refractivity contribution in [2.45, 2.75) is 29.9 Å². The highest BCUT2D eigenvalue weighted by Gasteiger charge is 2.46. The average molecular weight is 389 g/mol. The normalized spacial score (nSPS) is 19.5. The Balaban J connectivity index is 2.28. The fraction of sp³-hybridized carbons (Fsp3) is 0.533. The molecule has 0 aromatic heterocycles. The Morgan fingerprint density at radius 2 is 1.95 bits per heavy atom. The number of nitrogens with zero attached hydrogens (tertiary/aromatic N) is 1. The lowest BCUT2D eigenvalue weighted by atomic mass is 10.1. The van der Waals surface area contributed by atoms with E-state index < -0.39 is 14.6 Å². The zero-order chi connectivity index (χ0) is 16.5. The summed E-state index contributed by atoms with van der Waals surface area (Å²) in [6.07, 6.45) is 0.830. The summed E-state index contributed by atoms with van der Waals surface area (Å²) >= 11 is 3.28. The van der Waals surface area contributed by atoms with E-state index in [4.69, 9.17) is 5.73 Å². The molecule has 1 aliphatic rings. The van der Waals surface area contributed by atoms with Crippen LogP contribution >= 0.6 is 15.9 Å². The van der Waals surface area contributed by atoms with E-state index in [1.165, 1.54) is 26.0 Å². The first kappa shape index (κ1) is 17.4. The fourth-order valence-electron chi connectivity index (χ4n) is 2.61. The predicted molar refractivity (Wildman–Crippen MR) is 89.1 cm³/mol. The molecule has 0 radical (unpaired) electrons. The number of benzene rings is 1. The molecule has 1 amide bonds. The summed E-state index contributed by atoms with van der Waals surface area (Å²) in [5, 5.41) is 0. The Kier molecular flexibility index (Phi) is 4.99. The van der Waals surface area contributed by atoms with Crippen molar-refractivity contribution in [2.24, 2.45) is 11.7 Å². The van der Waals surface area contributed by atoms with Crippen LogP contribution in [0.25, 0.3) is 0 Å². The molecule has 1 aliphatic heterocycles. The van der Waals surface area contributed by atoms with Crippen molar-refractivity contribution in [1.29, 1.82) is 0 Å². The minimum atomic E-state index is -3.76. The highest BCUT2D eigenvalue weighted by atomic mass is 79.9. The molecule has 1 aromatic rings. The number of carbonyl (C=O) groups is 1. The second kappa shape index (κ2) is 6.29. The van der Waals surface area contributed by atoms with Crippen LogP contribution in [0, 0.1) is 5.92 Å². The highest BCUT2D eigenvalue weighted by molar-refractivity contribution is 9.10. The number of nitrogens with two attached hydrogens (primary N) is 1. The zero-order valence-corrected chi connectivity index (χ0v) is 15.2. The van der Waals surface area contributed by atoms with E-state index in [0.29, 0.717) is 19.6 Å². The van der Waals surface area contributed by atoms with Gasteiger partial charge in [-0.15, -0.1) is 0 Å². The van der Waals surface area contributed by atoms with Gasteiger partial charge in [-0.1, -0.05) is 15.9 Å². The van der Waals surface area contributed by atoms with Crippen LogP contribution in [0.5, 0.6) is 0 Å². The third kappa shape index (κ3) is 3.07. The summed E-state index contributed by atoms with van der Waals surface area (Å²) in [5.74, 6) is -0.0958. The number of carbonyl (C=O) groups excluding carboxylic acids is 1. The average Bonchev–Trinajstić information content (AvgIpc) is 2.95. The molecule has 0 saturated carbocycles. The predicted octanol–water partition coefficient (Wildman–Crippen LogP) is 1.81. The summed E-state index contributed by atoms with van der Waals surface area (Å²) in [6, 6.07) is 6.35. The van der Waals surface area contributed by atoms with E-state index in [-0.39, 0.29) is 16.7 Å². The molecule has 0 aliphatic carbocycles. The summed E-state index contributed by atoms with van der Waals surface area (Å²) in [7, 11) is -3.76. The lowest BCUT2D eigenvalue weighted by molar-refractivity contribution is -0.132. The highest BCUT2D eigenvalue weighted by Crippen LogP contribution is 2.30. The number of hydrogen-bond donors (Lipinski definition) is 1. The van der Waals surface area contributed by atoms with Crippen LogP contribution < -0.4 is 5.73 Å². The summed E-state index contributed by atoms with van der Waals surface area (Å²) in [6.45, 7) is 4.57. The SMILES string of the molecule is CC(C)(C(=O)N1CC[C@H](CN)C1)S(=O)(=O)c1ccc(Br)cc1. The van der Waals surface area contributed by atoms with Gasteiger partial charge >= 0.3 is 0 Å². The quantitative estimate of drug-likeness (QED) is 0.852. The molecule has 2 N–H and O–H groups in total. The van der Waals surface area contributed by atoms with E-state index in [2.05, 4.69) is 15.9 Å². The molecule has 0 bridgehead atoms. The first-order valence-electron chi connectivity index (χ1n) is 7.20. The molecule has 0 unspecified atom stereocenters. The van der Waals surface area contributed by atoms with Crippen LogP contribution in [0.3, 0.4) is 0 Å². The Bertz CT molecular complexity index is 656. The molecule has 1 saturated heterocycles. The van der Waals surface area contributed by atoms with Gasteiger partial charge in [0.2, 0.25) is 5.91 Å². The van der Waals surface area contributed by atoms with Crippen LogP contribution in [0.15, 0.2) is 33.6 Å². The lowest BCUT2D eigenvalue weighted by Gasteiger charge is -2.29. The number of amides is 1. The molecular weight excluding hydrogens is 368 g/mol. The number of hydrogen-bond acceptors (Lipinski definition) is 4. The Morgan fingerprint density at radius 1 is 1.36 bits per heavy atom. The first-order chi connectivity index (χ1) is 10.2. The second-order valence-corrected chi connectivity index (χ2v) is 9.52. The van der Waals surface area contributed by atoms with Gasteiger partial charge in [-0.2, -0.15) is 0 Å². The number of halogens is 1. The first-order valence-corrected chi connectivity index (χ1v) is 9.47. The fourth-order valence-corrected chi connectivity index (χ4v) is 4.32. The van der Waals surface area contributed by atoms with Crippen LogP contribution in [0.1, 0.15) is 20.3 Å². The molecular formula is C15H21BrN2O3S. The molecule has 1 heterocycles. The maximum atomic E-state index is 12.8. The summed E-state index contributed by atoms with van der Waals surface area (Å²) < 4.78 is 25.0. The van der Waals surface area contributed by atoms with Gasteiger partial charge in [0.05, 0.1) is 4.90 Å². The summed E-state index contributed by atoms with van der Waals surface area (Å²) in [5.41, 5.74) is 5.64. The molecule has 1 fully saturated rings. The van der Waals surface area contributed by atoms with E-state index in [0.717, 1.165) is 10.9 Å². The van der Waals surface area contributed by atoms with Crippen molar-refractivity contribution in [3.63, 3.8) is 0 Å². The molecule has 0 spiro atoms. The molecule has 1 aromatic carbocycles. The van der Waals surface area contributed by atoms with Crippen molar-refractivity contribution in [2.75, 3.05) is 19.6 Å². The maximum Gasteiger partial charge on any atom is 0.243 e. The van der Waals surface area contributed by atoms with Gasteiger partial charge in [-0.25, -0.2) is 8.42 Å². The largest absolute Gasteiger partial charge is 0.341 e. The van der Waals surface area contributed by atoms with Gasteiger partial charge in [0, 0.05) is 17.6 Å². The Labute approximate surface area is 139 Å². The van der Waals surface area contributed by atoms with Crippen molar-refractivity contribution in [3.05, 3.63) is 28.7 Å². The molecule has 7 heteroatoms. The third-order valence-electron chi connectivity index (χ3n) is 4.22. The molecule has 122 valence electrons. The number of likely N-dealkylation sites (tertiary alicyclic amines) is 1. The van der Waals surface area contributed by atoms with Crippen molar-refractivity contribution in [3.8, 4) is 0 Å². The third-order valence-corrected chi connectivity index (χ3v) is 7.16. The summed E-state index contributed by atoms with van der Waals surface area (Å²) in [4.78, 5) is 14.5. The van der Waals surface area contributed by atoms with Gasteiger partial charge in [0.15, 0.2) is 9.84 Å². The van der Waals surface area contributed by atoms with Crippen molar-refractivity contribution in [1.82, 2.24) is 4.90 Å². The van der Waals surface area contributed by atoms with Crippen molar-refractivity contribution < 1.29 is 13.2 Å². The van der Waals surface area contributed by atoms with Gasteiger partial charge in [0.1, 0.15) is 4.75 Å². The number of rotatable bonds is 4. The standard InChI is InChI=1S/C15H21BrN2O3S/c1-15(2,14(19)18-8-7-11(9-17)10-18)22(20,21)13-5-3-12(16)4-6-13/h3-6,11H,7-10,17H2,1-2H3/t11-/m1/s1.